The first-order valence-electron chi connectivity index (χ1n) is 8.48. The van der Waals surface area contributed by atoms with E-state index in [0.717, 1.165) is 18.1 Å². The average molecular weight is 353 g/mol. The van der Waals surface area contributed by atoms with E-state index < -0.39 is 5.60 Å². The highest BCUT2D eigenvalue weighted by Crippen LogP contribution is 2.28. The molecule has 1 aromatic rings. The van der Waals surface area contributed by atoms with Gasteiger partial charge in [0.15, 0.2) is 5.13 Å². The zero-order valence-electron chi connectivity index (χ0n) is 13.7. The molecule has 0 saturated carbocycles. The Kier molecular flexibility index (Phi) is 4.71. The standard InChI is InChI=1S/C16H23N3O4S/c20-14(13-1-5-21-9-13)18-4-7-23-16(10-18)11-19(3-6-22-12-16)15-17-2-8-24-15/h2,8,13H,1,3-7,9-12H2. The van der Waals surface area contributed by atoms with Gasteiger partial charge in [-0.1, -0.05) is 0 Å². The lowest BCUT2D eigenvalue weighted by atomic mass is 9.99. The van der Waals surface area contributed by atoms with E-state index in [2.05, 4.69) is 9.88 Å². The molecular weight excluding hydrogens is 330 g/mol. The maximum absolute atomic E-state index is 12.7. The fourth-order valence-corrected chi connectivity index (χ4v) is 4.31. The van der Waals surface area contributed by atoms with Gasteiger partial charge < -0.3 is 24.0 Å². The third-order valence-corrected chi connectivity index (χ3v) is 5.71. The predicted octanol–water partition coefficient (Wildman–Crippen LogP) is 0.614. The van der Waals surface area contributed by atoms with Crippen LogP contribution in [0.1, 0.15) is 6.42 Å². The van der Waals surface area contributed by atoms with E-state index >= 15 is 0 Å². The lowest BCUT2D eigenvalue weighted by Crippen LogP contribution is -2.60. The van der Waals surface area contributed by atoms with Gasteiger partial charge in [-0.2, -0.15) is 0 Å². The topological polar surface area (TPSA) is 64.1 Å². The number of rotatable bonds is 2. The van der Waals surface area contributed by atoms with Crippen LogP contribution in [0.25, 0.3) is 0 Å². The Morgan fingerprint density at radius 1 is 1.25 bits per heavy atom. The molecule has 4 heterocycles. The van der Waals surface area contributed by atoms with Crippen molar-refractivity contribution in [2.75, 3.05) is 64.1 Å². The van der Waals surface area contributed by atoms with Gasteiger partial charge in [0.2, 0.25) is 5.91 Å². The molecule has 7 nitrogen and oxygen atoms in total. The van der Waals surface area contributed by atoms with E-state index in [1.807, 2.05) is 16.5 Å². The molecule has 1 spiro atoms. The number of morpholine rings is 1. The minimum atomic E-state index is -0.477. The Morgan fingerprint density at radius 3 is 3.00 bits per heavy atom. The molecule has 24 heavy (non-hydrogen) atoms. The van der Waals surface area contributed by atoms with Gasteiger partial charge in [-0.05, 0) is 6.42 Å². The van der Waals surface area contributed by atoms with Crippen LogP contribution in [0.3, 0.4) is 0 Å². The van der Waals surface area contributed by atoms with Crippen LogP contribution >= 0.6 is 11.3 Å². The maximum atomic E-state index is 12.7. The Labute approximate surface area is 145 Å². The van der Waals surface area contributed by atoms with E-state index in [4.69, 9.17) is 14.2 Å². The van der Waals surface area contributed by atoms with E-state index in [9.17, 15) is 4.79 Å². The third kappa shape index (κ3) is 3.28. The predicted molar refractivity (Wildman–Crippen MR) is 89.3 cm³/mol. The average Bonchev–Trinajstić information content (AvgIpc) is 3.28. The highest BCUT2D eigenvalue weighted by atomic mass is 32.1. The van der Waals surface area contributed by atoms with Gasteiger partial charge in [-0.15, -0.1) is 11.3 Å². The molecule has 3 fully saturated rings. The molecule has 8 heteroatoms. The van der Waals surface area contributed by atoms with Crippen LogP contribution in [0.4, 0.5) is 5.13 Å². The number of amides is 1. The zero-order valence-corrected chi connectivity index (χ0v) is 14.5. The van der Waals surface area contributed by atoms with Crippen molar-refractivity contribution < 1.29 is 19.0 Å². The smallest absolute Gasteiger partial charge is 0.228 e. The number of hydrogen-bond donors (Lipinski definition) is 0. The van der Waals surface area contributed by atoms with Crippen LogP contribution in [-0.2, 0) is 19.0 Å². The Bertz CT molecular complexity index is 564. The van der Waals surface area contributed by atoms with Crippen molar-refractivity contribution in [2.24, 2.45) is 5.92 Å². The molecule has 4 rings (SSSR count). The number of nitrogens with zero attached hydrogens (tertiary/aromatic N) is 3. The van der Waals surface area contributed by atoms with Gasteiger partial charge in [0, 0.05) is 31.3 Å². The molecule has 3 aliphatic heterocycles. The van der Waals surface area contributed by atoms with Gasteiger partial charge in [0.25, 0.3) is 0 Å². The second-order valence-electron chi connectivity index (χ2n) is 6.64. The Morgan fingerprint density at radius 2 is 2.21 bits per heavy atom. The molecule has 1 amide bonds. The summed E-state index contributed by atoms with van der Waals surface area (Å²) >= 11 is 1.62. The lowest BCUT2D eigenvalue weighted by Gasteiger charge is -2.43. The molecule has 2 atom stereocenters. The van der Waals surface area contributed by atoms with Gasteiger partial charge in [0.05, 0.1) is 45.4 Å². The van der Waals surface area contributed by atoms with Crippen molar-refractivity contribution in [3.05, 3.63) is 11.6 Å². The van der Waals surface area contributed by atoms with Crippen LogP contribution in [0, 0.1) is 5.92 Å². The number of aromatic nitrogens is 1. The Balaban J connectivity index is 1.48. The summed E-state index contributed by atoms with van der Waals surface area (Å²) in [4.78, 5) is 21.3. The second-order valence-corrected chi connectivity index (χ2v) is 7.51. The monoisotopic (exact) mass is 353 g/mol. The molecule has 0 bridgehead atoms. The van der Waals surface area contributed by atoms with Gasteiger partial charge >= 0.3 is 0 Å². The van der Waals surface area contributed by atoms with E-state index in [0.29, 0.717) is 52.7 Å². The Hall–Kier alpha value is -1.22. The summed E-state index contributed by atoms with van der Waals surface area (Å²) in [6.07, 6.45) is 2.64. The summed E-state index contributed by atoms with van der Waals surface area (Å²) in [5.74, 6) is 0.196. The van der Waals surface area contributed by atoms with Gasteiger partial charge in [-0.25, -0.2) is 4.98 Å². The molecule has 3 aliphatic rings. The van der Waals surface area contributed by atoms with Crippen LogP contribution in [-0.4, -0.2) is 80.6 Å². The molecule has 0 aromatic carbocycles. The largest absolute Gasteiger partial charge is 0.381 e. The summed E-state index contributed by atoms with van der Waals surface area (Å²) in [7, 11) is 0. The zero-order chi connectivity index (χ0) is 16.4. The van der Waals surface area contributed by atoms with Crippen molar-refractivity contribution in [1.29, 1.82) is 0 Å². The maximum Gasteiger partial charge on any atom is 0.228 e. The number of carbonyl (C=O) groups excluding carboxylic acids is 1. The lowest BCUT2D eigenvalue weighted by molar-refractivity contribution is -0.160. The molecule has 2 unspecified atom stereocenters. The first-order chi connectivity index (χ1) is 11.8. The van der Waals surface area contributed by atoms with Crippen molar-refractivity contribution >= 4 is 22.4 Å². The number of anilines is 1. The minimum Gasteiger partial charge on any atom is -0.381 e. The second kappa shape index (κ2) is 6.95. The molecule has 0 N–H and O–H groups in total. The highest BCUT2D eigenvalue weighted by molar-refractivity contribution is 7.13. The van der Waals surface area contributed by atoms with Crippen molar-refractivity contribution in [3.63, 3.8) is 0 Å². The van der Waals surface area contributed by atoms with E-state index in [-0.39, 0.29) is 11.8 Å². The third-order valence-electron chi connectivity index (χ3n) is 4.88. The number of carbonyl (C=O) groups is 1. The van der Waals surface area contributed by atoms with E-state index in [1.165, 1.54) is 0 Å². The number of hydrogen-bond acceptors (Lipinski definition) is 7. The summed E-state index contributed by atoms with van der Waals surface area (Å²) in [6, 6.07) is 0. The summed E-state index contributed by atoms with van der Waals surface area (Å²) in [6.45, 7) is 5.66. The number of ether oxygens (including phenoxy) is 3. The van der Waals surface area contributed by atoms with Crippen molar-refractivity contribution in [2.45, 2.75) is 12.0 Å². The van der Waals surface area contributed by atoms with Crippen molar-refractivity contribution in [3.8, 4) is 0 Å². The fraction of sp³-hybridized carbons (Fsp3) is 0.750. The van der Waals surface area contributed by atoms with Gasteiger partial charge in [-0.3, -0.25) is 4.79 Å². The van der Waals surface area contributed by atoms with Crippen LogP contribution in [0.15, 0.2) is 11.6 Å². The summed E-state index contributed by atoms with van der Waals surface area (Å²) in [5, 5.41) is 2.96. The molecule has 1 aromatic heterocycles. The summed E-state index contributed by atoms with van der Waals surface area (Å²) < 4.78 is 17.3. The fourth-order valence-electron chi connectivity index (χ4n) is 3.64. The first kappa shape index (κ1) is 16.3. The van der Waals surface area contributed by atoms with Crippen molar-refractivity contribution in [1.82, 2.24) is 9.88 Å². The molecule has 0 radical (unpaired) electrons. The first-order valence-corrected chi connectivity index (χ1v) is 9.36. The normalized spacial score (nSPS) is 31.4. The van der Waals surface area contributed by atoms with Crippen LogP contribution in [0.5, 0.6) is 0 Å². The summed E-state index contributed by atoms with van der Waals surface area (Å²) in [5.41, 5.74) is -0.477. The molecule has 3 saturated heterocycles. The molecule has 0 aliphatic carbocycles. The van der Waals surface area contributed by atoms with E-state index in [1.54, 1.807) is 11.3 Å². The minimum absolute atomic E-state index is 0.00177. The molecular formula is C16H23N3O4S. The quantitative estimate of drug-likeness (QED) is 0.776. The molecule has 132 valence electrons. The van der Waals surface area contributed by atoms with Crippen LogP contribution < -0.4 is 4.90 Å². The van der Waals surface area contributed by atoms with Crippen LogP contribution in [0.2, 0.25) is 0 Å². The SMILES string of the molecule is O=C(C1CCOC1)N1CCOC2(COCCN(c3nccs3)C2)C1. The highest BCUT2D eigenvalue weighted by Gasteiger charge is 2.43. The number of thiazole rings is 1. The van der Waals surface area contributed by atoms with Gasteiger partial charge in [0.1, 0.15) is 5.60 Å².